The average Bonchev–Trinajstić information content (AvgIpc) is 3.22. The maximum Gasteiger partial charge on any atom is 0.254 e. The van der Waals surface area contributed by atoms with Crippen molar-refractivity contribution in [3.05, 3.63) is 65.7 Å². The lowest BCUT2D eigenvalue weighted by atomic mass is 10.1. The van der Waals surface area contributed by atoms with Crippen LogP contribution in [0.2, 0.25) is 0 Å². The molecule has 0 radical (unpaired) electrons. The number of piperazine rings is 1. The minimum absolute atomic E-state index is 0.000282. The van der Waals surface area contributed by atoms with Gasteiger partial charge in [0.2, 0.25) is 0 Å². The van der Waals surface area contributed by atoms with Gasteiger partial charge in [0.25, 0.3) is 5.91 Å². The summed E-state index contributed by atoms with van der Waals surface area (Å²) in [6, 6.07) is 13.2. The fourth-order valence-electron chi connectivity index (χ4n) is 3.33. The quantitative estimate of drug-likeness (QED) is 0.654. The number of amides is 1. The summed E-state index contributed by atoms with van der Waals surface area (Å²) in [5.41, 5.74) is 1.33. The number of halogens is 1. The summed E-state index contributed by atoms with van der Waals surface area (Å²) >= 11 is 0. The van der Waals surface area contributed by atoms with Gasteiger partial charge < -0.3 is 9.64 Å². The zero-order chi connectivity index (χ0) is 20.2. The second-order valence-electron chi connectivity index (χ2n) is 6.78. The van der Waals surface area contributed by atoms with Gasteiger partial charge in [0, 0.05) is 31.7 Å². The molecule has 150 valence electrons. The number of ether oxygens (including phenoxy) is 1. The van der Waals surface area contributed by atoms with Crippen LogP contribution in [-0.4, -0.2) is 69.2 Å². The molecule has 1 amide bonds. The van der Waals surface area contributed by atoms with Gasteiger partial charge in [-0.15, -0.1) is 5.10 Å². The molecular formula is C20H21FN6O2. The minimum Gasteiger partial charge on any atom is -0.497 e. The number of nitrogens with zero attached hydrogens (tertiary/aromatic N) is 6. The third-order valence-corrected chi connectivity index (χ3v) is 4.95. The highest BCUT2D eigenvalue weighted by atomic mass is 19.1. The Morgan fingerprint density at radius 1 is 1.10 bits per heavy atom. The number of methoxy groups -OCH3 is 1. The Morgan fingerprint density at radius 3 is 2.59 bits per heavy atom. The molecule has 0 aliphatic carbocycles. The van der Waals surface area contributed by atoms with E-state index < -0.39 is 0 Å². The minimum atomic E-state index is -0.305. The molecule has 2 aromatic carbocycles. The van der Waals surface area contributed by atoms with Crippen LogP contribution in [0.3, 0.4) is 0 Å². The SMILES string of the molecule is COc1cccc(C(=O)N2CCN(Cc3nnnn3-c3ccc(F)cc3)CC2)c1. The standard InChI is InChI=1S/C20H21FN6O2/c1-29-18-4-2-3-15(13-18)20(28)26-11-9-25(10-12-26)14-19-22-23-24-27(19)17-7-5-16(21)6-8-17/h2-8,13H,9-12,14H2,1H3. The normalized spacial score (nSPS) is 14.8. The molecular weight excluding hydrogens is 375 g/mol. The molecule has 0 bridgehead atoms. The first kappa shape index (κ1) is 19.0. The van der Waals surface area contributed by atoms with Crippen molar-refractivity contribution in [1.82, 2.24) is 30.0 Å². The molecule has 0 spiro atoms. The molecule has 1 aliphatic rings. The molecule has 9 heteroatoms. The van der Waals surface area contributed by atoms with E-state index in [2.05, 4.69) is 20.4 Å². The van der Waals surface area contributed by atoms with Crippen LogP contribution in [0.1, 0.15) is 16.2 Å². The Hall–Kier alpha value is -3.33. The zero-order valence-corrected chi connectivity index (χ0v) is 16.0. The third kappa shape index (κ3) is 4.24. The van der Waals surface area contributed by atoms with Gasteiger partial charge in [-0.3, -0.25) is 9.69 Å². The van der Waals surface area contributed by atoms with Crippen molar-refractivity contribution < 1.29 is 13.9 Å². The van der Waals surface area contributed by atoms with Crippen molar-refractivity contribution in [2.45, 2.75) is 6.54 Å². The van der Waals surface area contributed by atoms with Gasteiger partial charge >= 0.3 is 0 Å². The fourth-order valence-corrected chi connectivity index (χ4v) is 3.33. The molecule has 1 aromatic heterocycles. The second kappa shape index (κ2) is 8.36. The molecule has 1 fully saturated rings. The summed E-state index contributed by atoms with van der Waals surface area (Å²) in [6.45, 7) is 3.21. The first-order valence-electron chi connectivity index (χ1n) is 9.33. The van der Waals surface area contributed by atoms with Crippen LogP contribution in [0, 0.1) is 5.82 Å². The molecule has 1 saturated heterocycles. The Bertz CT molecular complexity index is 983. The predicted octanol–water partition coefficient (Wildman–Crippen LogP) is 1.77. The highest BCUT2D eigenvalue weighted by Crippen LogP contribution is 2.16. The zero-order valence-electron chi connectivity index (χ0n) is 16.0. The van der Waals surface area contributed by atoms with E-state index in [-0.39, 0.29) is 11.7 Å². The molecule has 4 rings (SSSR count). The predicted molar refractivity (Wildman–Crippen MR) is 103 cm³/mol. The molecule has 0 atom stereocenters. The lowest BCUT2D eigenvalue weighted by Crippen LogP contribution is -2.48. The van der Waals surface area contributed by atoms with Crippen molar-refractivity contribution in [1.29, 1.82) is 0 Å². The van der Waals surface area contributed by atoms with Crippen molar-refractivity contribution in [2.75, 3.05) is 33.3 Å². The van der Waals surface area contributed by atoms with Gasteiger partial charge in [-0.05, 0) is 52.9 Å². The van der Waals surface area contributed by atoms with Gasteiger partial charge in [0.15, 0.2) is 5.82 Å². The number of tetrazole rings is 1. The van der Waals surface area contributed by atoms with Crippen molar-refractivity contribution in [3.8, 4) is 11.4 Å². The largest absolute Gasteiger partial charge is 0.497 e. The lowest BCUT2D eigenvalue weighted by Gasteiger charge is -2.34. The second-order valence-corrected chi connectivity index (χ2v) is 6.78. The number of hydrogen-bond acceptors (Lipinski definition) is 6. The van der Waals surface area contributed by atoms with Gasteiger partial charge in [0.1, 0.15) is 11.6 Å². The molecule has 0 saturated carbocycles. The van der Waals surface area contributed by atoms with Crippen LogP contribution in [0.4, 0.5) is 4.39 Å². The van der Waals surface area contributed by atoms with Crippen LogP contribution < -0.4 is 4.74 Å². The number of carbonyl (C=O) groups is 1. The summed E-state index contributed by atoms with van der Waals surface area (Å²) in [4.78, 5) is 16.8. The maximum absolute atomic E-state index is 13.2. The van der Waals surface area contributed by atoms with E-state index in [1.54, 1.807) is 36.1 Å². The fraction of sp³-hybridized carbons (Fsp3) is 0.300. The topological polar surface area (TPSA) is 76.4 Å². The number of carbonyl (C=O) groups excluding carboxylic acids is 1. The number of benzene rings is 2. The monoisotopic (exact) mass is 396 g/mol. The summed E-state index contributed by atoms with van der Waals surface area (Å²) in [5, 5.41) is 11.9. The van der Waals surface area contributed by atoms with Gasteiger partial charge in [-0.1, -0.05) is 6.07 Å². The molecule has 3 aromatic rings. The number of rotatable bonds is 5. The lowest BCUT2D eigenvalue weighted by molar-refractivity contribution is 0.0624. The third-order valence-electron chi connectivity index (χ3n) is 4.95. The van der Waals surface area contributed by atoms with Crippen molar-refractivity contribution in [2.24, 2.45) is 0 Å². The Balaban J connectivity index is 1.38. The van der Waals surface area contributed by atoms with Crippen LogP contribution in [0.15, 0.2) is 48.5 Å². The number of hydrogen-bond donors (Lipinski definition) is 0. The smallest absolute Gasteiger partial charge is 0.254 e. The van der Waals surface area contributed by atoms with Crippen molar-refractivity contribution in [3.63, 3.8) is 0 Å². The van der Waals surface area contributed by atoms with Crippen LogP contribution in [-0.2, 0) is 6.54 Å². The van der Waals surface area contributed by atoms with Crippen LogP contribution >= 0.6 is 0 Å². The van der Waals surface area contributed by atoms with E-state index in [0.717, 1.165) is 0 Å². The van der Waals surface area contributed by atoms with E-state index in [0.29, 0.717) is 55.5 Å². The van der Waals surface area contributed by atoms with E-state index in [1.807, 2.05) is 17.0 Å². The molecule has 0 unspecified atom stereocenters. The van der Waals surface area contributed by atoms with E-state index >= 15 is 0 Å². The Kier molecular flexibility index (Phi) is 5.48. The van der Waals surface area contributed by atoms with E-state index in [9.17, 15) is 9.18 Å². The van der Waals surface area contributed by atoms with Crippen LogP contribution in [0.25, 0.3) is 5.69 Å². The Labute approximate surface area is 167 Å². The van der Waals surface area contributed by atoms with Crippen molar-refractivity contribution >= 4 is 5.91 Å². The summed E-state index contributed by atoms with van der Waals surface area (Å²) in [6.07, 6.45) is 0. The highest BCUT2D eigenvalue weighted by molar-refractivity contribution is 5.94. The van der Waals surface area contributed by atoms with E-state index in [4.69, 9.17) is 4.74 Å². The summed E-state index contributed by atoms with van der Waals surface area (Å²) in [7, 11) is 1.59. The molecule has 0 N–H and O–H groups in total. The molecule has 1 aliphatic heterocycles. The summed E-state index contributed by atoms with van der Waals surface area (Å²) in [5.74, 6) is 1.03. The first-order valence-corrected chi connectivity index (χ1v) is 9.33. The highest BCUT2D eigenvalue weighted by Gasteiger charge is 2.24. The Morgan fingerprint density at radius 2 is 1.86 bits per heavy atom. The maximum atomic E-state index is 13.2. The molecule has 8 nitrogen and oxygen atoms in total. The van der Waals surface area contributed by atoms with Gasteiger partial charge in [-0.2, -0.15) is 4.68 Å². The van der Waals surface area contributed by atoms with Crippen LogP contribution in [0.5, 0.6) is 5.75 Å². The van der Waals surface area contributed by atoms with E-state index in [1.165, 1.54) is 12.1 Å². The van der Waals surface area contributed by atoms with Gasteiger partial charge in [0.05, 0.1) is 19.3 Å². The number of aromatic nitrogens is 4. The van der Waals surface area contributed by atoms with Gasteiger partial charge in [-0.25, -0.2) is 4.39 Å². The summed E-state index contributed by atoms with van der Waals surface area (Å²) < 4.78 is 20.0. The molecule has 29 heavy (non-hydrogen) atoms. The molecule has 2 heterocycles. The first-order chi connectivity index (χ1) is 14.1. The average molecular weight is 396 g/mol.